The zero-order valence-corrected chi connectivity index (χ0v) is 14.8. The molecule has 25 heavy (non-hydrogen) atoms. The molecule has 0 unspecified atom stereocenters. The number of fused-ring (bicyclic) bond motifs is 2. The minimum Gasteiger partial charge on any atom is -0.492 e. The zero-order chi connectivity index (χ0) is 17.4. The Morgan fingerprint density at radius 1 is 1.20 bits per heavy atom. The summed E-state index contributed by atoms with van der Waals surface area (Å²) >= 11 is 6.01. The second-order valence-corrected chi connectivity index (χ2v) is 7.34. The average molecular weight is 357 g/mol. The Hall–Kier alpha value is -2.04. The van der Waals surface area contributed by atoms with Crippen molar-refractivity contribution in [2.45, 2.75) is 24.8 Å². The quantitative estimate of drug-likeness (QED) is 0.897. The Labute approximate surface area is 152 Å². The molecule has 4 nitrogen and oxygen atoms in total. The standard InChI is InChI=1S/C20H21ClN2O2/c21-16-3-1-2-15(11-16)19(24)23-8-6-20(7-9-23)13-25-18-5-4-14(12-22)10-17(18)20/h1-5,10-11H,6-9,12-13,22H2. The van der Waals surface area contributed by atoms with Gasteiger partial charge in [0.1, 0.15) is 5.75 Å². The van der Waals surface area contributed by atoms with Crippen molar-refractivity contribution in [3.05, 3.63) is 64.2 Å². The number of nitrogens with two attached hydrogens (primary N) is 1. The second-order valence-electron chi connectivity index (χ2n) is 6.91. The van der Waals surface area contributed by atoms with Gasteiger partial charge in [-0.15, -0.1) is 0 Å². The maximum Gasteiger partial charge on any atom is 0.253 e. The van der Waals surface area contributed by atoms with Crippen molar-refractivity contribution in [1.29, 1.82) is 0 Å². The van der Waals surface area contributed by atoms with Crippen LogP contribution in [-0.4, -0.2) is 30.5 Å². The smallest absolute Gasteiger partial charge is 0.253 e. The molecule has 0 aromatic heterocycles. The van der Waals surface area contributed by atoms with Gasteiger partial charge in [0.25, 0.3) is 5.91 Å². The van der Waals surface area contributed by atoms with E-state index >= 15 is 0 Å². The highest BCUT2D eigenvalue weighted by atomic mass is 35.5. The molecule has 2 aliphatic rings. The molecule has 2 N–H and O–H groups in total. The summed E-state index contributed by atoms with van der Waals surface area (Å²) in [4.78, 5) is 14.6. The number of nitrogens with zero attached hydrogens (tertiary/aromatic N) is 1. The molecule has 0 saturated carbocycles. The molecular formula is C20H21ClN2O2. The Balaban J connectivity index is 1.52. The van der Waals surface area contributed by atoms with E-state index in [1.165, 1.54) is 5.56 Å². The first kappa shape index (κ1) is 16.4. The maximum absolute atomic E-state index is 12.7. The van der Waals surface area contributed by atoms with E-state index in [0.29, 0.717) is 23.7 Å². The molecule has 1 saturated heterocycles. The van der Waals surface area contributed by atoms with Crippen LogP contribution >= 0.6 is 11.6 Å². The number of piperidine rings is 1. The number of ether oxygens (including phenoxy) is 1. The van der Waals surface area contributed by atoms with Gasteiger partial charge >= 0.3 is 0 Å². The van der Waals surface area contributed by atoms with Crippen LogP contribution in [-0.2, 0) is 12.0 Å². The van der Waals surface area contributed by atoms with Crippen molar-refractivity contribution in [2.24, 2.45) is 5.73 Å². The molecule has 4 rings (SSSR count). The van der Waals surface area contributed by atoms with Crippen LogP contribution in [0.15, 0.2) is 42.5 Å². The number of benzene rings is 2. The topological polar surface area (TPSA) is 55.6 Å². The molecule has 0 atom stereocenters. The van der Waals surface area contributed by atoms with Crippen molar-refractivity contribution >= 4 is 17.5 Å². The summed E-state index contributed by atoms with van der Waals surface area (Å²) < 4.78 is 5.93. The van der Waals surface area contributed by atoms with Crippen molar-refractivity contribution in [3.8, 4) is 5.75 Å². The molecule has 2 aliphatic heterocycles. The molecule has 1 spiro atoms. The number of carbonyl (C=O) groups excluding carboxylic acids is 1. The summed E-state index contributed by atoms with van der Waals surface area (Å²) in [5.41, 5.74) is 8.83. The van der Waals surface area contributed by atoms with Crippen molar-refractivity contribution < 1.29 is 9.53 Å². The number of carbonyl (C=O) groups is 1. The van der Waals surface area contributed by atoms with Gasteiger partial charge in [-0.25, -0.2) is 0 Å². The van der Waals surface area contributed by atoms with Crippen LogP contribution in [0.4, 0.5) is 0 Å². The van der Waals surface area contributed by atoms with E-state index < -0.39 is 0 Å². The van der Waals surface area contributed by atoms with Crippen LogP contribution in [0, 0.1) is 0 Å². The number of halogens is 1. The van der Waals surface area contributed by atoms with Crippen LogP contribution in [0.2, 0.25) is 5.02 Å². The lowest BCUT2D eigenvalue weighted by Crippen LogP contribution is -2.46. The van der Waals surface area contributed by atoms with Crippen LogP contribution < -0.4 is 10.5 Å². The first-order chi connectivity index (χ1) is 12.1. The molecule has 2 heterocycles. The van der Waals surface area contributed by atoms with Gasteiger partial charge < -0.3 is 15.4 Å². The fraction of sp³-hybridized carbons (Fsp3) is 0.350. The minimum atomic E-state index is 0.00558. The third kappa shape index (κ3) is 2.90. The van der Waals surface area contributed by atoms with Crippen LogP contribution in [0.3, 0.4) is 0 Å². The van der Waals surface area contributed by atoms with Gasteiger partial charge in [0.2, 0.25) is 0 Å². The molecular weight excluding hydrogens is 336 g/mol. The van der Waals surface area contributed by atoms with Crippen molar-refractivity contribution in [2.75, 3.05) is 19.7 Å². The van der Waals surface area contributed by atoms with E-state index in [1.54, 1.807) is 12.1 Å². The minimum absolute atomic E-state index is 0.00558. The first-order valence-corrected chi connectivity index (χ1v) is 9.00. The lowest BCUT2D eigenvalue weighted by molar-refractivity contribution is 0.0646. The van der Waals surface area contributed by atoms with Gasteiger partial charge in [-0.3, -0.25) is 4.79 Å². The van der Waals surface area contributed by atoms with E-state index in [-0.39, 0.29) is 11.3 Å². The second kappa shape index (κ2) is 6.36. The highest BCUT2D eigenvalue weighted by molar-refractivity contribution is 6.30. The fourth-order valence-electron chi connectivity index (χ4n) is 3.89. The zero-order valence-electron chi connectivity index (χ0n) is 14.0. The molecule has 2 aromatic rings. The SMILES string of the molecule is NCc1ccc2c(c1)C1(CCN(C(=O)c3cccc(Cl)c3)CC1)CO2. The van der Waals surface area contributed by atoms with Gasteiger partial charge in [-0.1, -0.05) is 29.8 Å². The van der Waals surface area contributed by atoms with Gasteiger partial charge in [-0.2, -0.15) is 0 Å². The highest BCUT2D eigenvalue weighted by Gasteiger charge is 2.43. The lowest BCUT2D eigenvalue weighted by Gasteiger charge is -2.38. The van der Waals surface area contributed by atoms with Gasteiger partial charge in [0, 0.05) is 41.2 Å². The van der Waals surface area contributed by atoms with Crippen LogP contribution in [0.5, 0.6) is 5.75 Å². The Morgan fingerprint density at radius 2 is 2.00 bits per heavy atom. The molecule has 0 aliphatic carbocycles. The normalized spacial score (nSPS) is 18.1. The van der Waals surface area contributed by atoms with E-state index in [4.69, 9.17) is 22.1 Å². The summed E-state index contributed by atoms with van der Waals surface area (Å²) in [6.07, 6.45) is 1.81. The van der Waals surface area contributed by atoms with E-state index in [0.717, 1.165) is 37.2 Å². The molecule has 5 heteroatoms. The van der Waals surface area contributed by atoms with E-state index in [9.17, 15) is 4.79 Å². The molecule has 1 amide bonds. The van der Waals surface area contributed by atoms with Gasteiger partial charge in [0.15, 0.2) is 0 Å². The monoisotopic (exact) mass is 356 g/mol. The number of hydrogen-bond donors (Lipinski definition) is 1. The average Bonchev–Trinajstić information content (AvgIpc) is 2.99. The number of rotatable bonds is 2. The summed E-state index contributed by atoms with van der Waals surface area (Å²) in [6.45, 7) is 2.67. The predicted octanol–water partition coefficient (Wildman–Crippen LogP) is 3.37. The molecule has 2 aromatic carbocycles. The maximum atomic E-state index is 12.7. The molecule has 0 radical (unpaired) electrons. The highest BCUT2D eigenvalue weighted by Crippen LogP contribution is 2.46. The summed E-state index contributed by atoms with van der Waals surface area (Å²) in [5.74, 6) is 1.01. The first-order valence-electron chi connectivity index (χ1n) is 8.62. The summed E-state index contributed by atoms with van der Waals surface area (Å²) in [5, 5.41) is 0.590. The Bertz CT molecular complexity index is 813. The van der Waals surface area contributed by atoms with E-state index in [2.05, 4.69) is 6.07 Å². The number of hydrogen-bond acceptors (Lipinski definition) is 3. The third-order valence-electron chi connectivity index (χ3n) is 5.43. The van der Waals surface area contributed by atoms with Gasteiger partial charge in [-0.05, 0) is 42.7 Å². The van der Waals surface area contributed by atoms with Crippen LogP contribution in [0.1, 0.15) is 34.3 Å². The van der Waals surface area contributed by atoms with Gasteiger partial charge in [0.05, 0.1) is 6.61 Å². The van der Waals surface area contributed by atoms with Crippen molar-refractivity contribution in [1.82, 2.24) is 4.90 Å². The van der Waals surface area contributed by atoms with Crippen molar-refractivity contribution in [3.63, 3.8) is 0 Å². The third-order valence-corrected chi connectivity index (χ3v) is 5.67. The number of likely N-dealkylation sites (tertiary alicyclic amines) is 1. The molecule has 1 fully saturated rings. The van der Waals surface area contributed by atoms with Crippen LogP contribution in [0.25, 0.3) is 0 Å². The predicted molar refractivity (Wildman–Crippen MR) is 98.1 cm³/mol. The Morgan fingerprint density at radius 3 is 2.72 bits per heavy atom. The molecule has 130 valence electrons. The number of amides is 1. The fourth-order valence-corrected chi connectivity index (χ4v) is 4.08. The van der Waals surface area contributed by atoms with E-state index in [1.807, 2.05) is 29.2 Å². The largest absolute Gasteiger partial charge is 0.492 e. The lowest BCUT2D eigenvalue weighted by atomic mass is 9.74. The summed E-state index contributed by atoms with van der Waals surface area (Å²) in [6, 6.07) is 13.4. The Kier molecular flexibility index (Phi) is 4.18. The molecule has 0 bridgehead atoms. The summed E-state index contributed by atoms with van der Waals surface area (Å²) in [7, 11) is 0.